The first-order valence-corrected chi connectivity index (χ1v) is 10.9. The molecule has 0 saturated carbocycles. The molecular formula is C22H20ClN5O2S. The molecule has 4 aromatic rings. The first-order chi connectivity index (χ1) is 15.0. The number of aryl methyl sites for hydroxylation is 2. The van der Waals surface area contributed by atoms with Gasteiger partial charge in [-0.2, -0.15) is 10.1 Å². The summed E-state index contributed by atoms with van der Waals surface area (Å²) in [6.07, 6.45) is 7.62. The Hall–Kier alpha value is -3.10. The highest BCUT2D eigenvalue weighted by molar-refractivity contribution is 7.98. The fourth-order valence-electron chi connectivity index (χ4n) is 2.98. The summed E-state index contributed by atoms with van der Waals surface area (Å²) in [6.45, 7) is 0. The third kappa shape index (κ3) is 5.53. The van der Waals surface area contributed by atoms with Crippen LogP contribution in [0.4, 0.5) is 0 Å². The van der Waals surface area contributed by atoms with Crippen LogP contribution < -0.4 is 10.3 Å². The summed E-state index contributed by atoms with van der Waals surface area (Å²) in [7, 11) is 3.75. The summed E-state index contributed by atoms with van der Waals surface area (Å²) >= 11 is 7.46. The molecule has 0 unspecified atom stereocenters. The van der Waals surface area contributed by atoms with Crippen LogP contribution in [0.2, 0.25) is 5.02 Å². The first-order valence-electron chi connectivity index (χ1n) is 9.51. The summed E-state index contributed by atoms with van der Waals surface area (Å²) in [5.74, 6) is 1.80. The van der Waals surface area contributed by atoms with E-state index in [-0.39, 0.29) is 5.56 Å². The molecule has 0 fully saturated rings. The Bertz CT molecular complexity index is 1250. The second kappa shape index (κ2) is 9.36. The van der Waals surface area contributed by atoms with Crippen LogP contribution in [0.5, 0.6) is 11.6 Å². The zero-order chi connectivity index (χ0) is 21.8. The number of ether oxygens (including phenoxy) is 1. The predicted molar refractivity (Wildman–Crippen MR) is 121 cm³/mol. The van der Waals surface area contributed by atoms with Gasteiger partial charge in [0.2, 0.25) is 5.88 Å². The molecular weight excluding hydrogens is 434 g/mol. The molecule has 7 nitrogen and oxygen atoms in total. The van der Waals surface area contributed by atoms with E-state index >= 15 is 0 Å². The van der Waals surface area contributed by atoms with E-state index in [9.17, 15) is 4.79 Å². The molecule has 9 heteroatoms. The number of hydrogen-bond acceptors (Lipinski definition) is 6. The van der Waals surface area contributed by atoms with Crippen molar-refractivity contribution >= 4 is 23.4 Å². The lowest BCUT2D eigenvalue weighted by Gasteiger charge is -2.09. The molecule has 0 saturated heterocycles. The fourth-order valence-corrected chi connectivity index (χ4v) is 4.03. The zero-order valence-electron chi connectivity index (χ0n) is 17.0. The van der Waals surface area contributed by atoms with Crippen molar-refractivity contribution in [3.05, 3.63) is 93.3 Å². The van der Waals surface area contributed by atoms with E-state index in [2.05, 4.69) is 15.1 Å². The van der Waals surface area contributed by atoms with Crippen LogP contribution in [0.3, 0.4) is 0 Å². The van der Waals surface area contributed by atoms with Crippen LogP contribution >= 0.6 is 23.4 Å². The average Bonchev–Trinajstić information content (AvgIpc) is 3.15. The van der Waals surface area contributed by atoms with Crippen molar-refractivity contribution in [1.29, 1.82) is 0 Å². The largest absolute Gasteiger partial charge is 0.439 e. The maximum atomic E-state index is 12.5. The smallest absolute Gasteiger partial charge is 0.277 e. The average molecular weight is 454 g/mol. The van der Waals surface area contributed by atoms with Crippen molar-refractivity contribution in [1.82, 2.24) is 24.3 Å². The topological polar surface area (TPSA) is 74.8 Å². The molecule has 158 valence electrons. The first kappa shape index (κ1) is 21.1. The van der Waals surface area contributed by atoms with Crippen molar-refractivity contribution in [3.63, 3.8) is 0 Å². The van der Waals surface area contributed by atoms with E-state index in [0.717, 1.165) is 11.1 Å². The van der Waals surface area contributed by atoms with Gasteiger partial charge in [-0.3, -0.25) is 9.48 Å². The summed E-state index contributed by atoms with van der Waals surface area (Å²) in [5, 5.41) is 5.39. The minimum atomic E-state index is -0.206. The second-order valence-corrected chi connectivity index (χ2v) is 8.39. The van der Waals surface area contributed by atoms with Crippen molar-refractivity contribution in [2.75, 3.05) is 0 Å². The van der Waals surface area contributed by atoms with Crippen molar-refractivity contribution in [3.8, 4) is 11.6 Å². The SMILES string of the molecule is Cn1cc(Cc2cn(C)c(SCc3ccc(Oc4cc(Cl)ccn4)cc3)nc2=O)cn1. The van der Waals surface area contributed by atoms with Crippen molar-refractivity contribution in [2.45, 2.75) is 17.3 Å². The van der Waals surface area contributed by atoms with Gasteiger partial charge in [0.25, 0.3) is 5.56 Å². The van der Waals surface area contributed by atoms with Gasteiger partial charge in [-0.15, -0.1) is 0 Å². The maximum absolute atomic E-state index is 12.5. The third-order valence-corrected chi connectivity index (χ3v) is 5.84. The van der Waals surface area contributed by atoms with Crippen LogP contribution in [0.25, 0.3) is 0 Å². The number of pyridine rings is 1. The lowest BCUT2D eigenvalue weighted by molar-refractivity contribution is 0.463. The van der Waals surface area contributed by atoms with E-state index in [1.807, 2.05) is 55.3 Å². The van der Waals surface area contributed by atoms with Gasteiger partial charge in [-0.1, -0.05) is 35.5 Å². The fraction of sp³-hybridized carbons (Fsp3) is 0.182. The zero-order valence-corrected chi connectivity index (χ0v) is 18.6. The van der Waals surface area contributed by atoms with Crippen LogP contribution in [0.15, 0.2) is 71.1 Å². The third-order valence-electron chi connectivity index (χ3n) is 4.49. The number of nitrogens with zero attached hydrogens (tertiary/aromatic N) is 5. The van der Waals surface area contributed by atoms with E-state index in [0.29, 0.717) is 39.5 Å². The Morgan fingerprint density at radius 2 is 1.90 bits per heavy atom. The van der Waals surface area contributed by atoms with Gasteiger partial charge in [-0.05, 0) is 29.3 Å². The van der Waals surface area contributed by atoms with Crippen LogP contribution in [0, 0.1) is 0 Å². The van der Waals surface area contributed by atoms with Gasteiger partial charge >= 0.3 is 0 Å². The molecule has 3 heterocycles. The Morgan fingerprint density at radius 3 is 2.61 bits per heavy atom. The second-order valence-electron chi connectivity index (χ2n) is 7.01. The number of thioether (sulfide) groups is 1. The molecule has 3 aromatic heterocycles. The standard InChI is InChI=1S/C22H20ClN5O2S/c1-27-13-17(9-16-11-25-28(2)12-16)21(29)26-22(27)31-14-15-3-5-19(6-4-15)30-20-10-18(23)7-8-24-20/h3-8,10-13H,9,14H2,1-2H3. The number of hydrogen-bond donors (Lipinski definition) is 0. The molecule has 4 rings (SSSR count). The molecule has 0 aliphatic rings. The van der Waals surface area contributed by atoms with Crippen molar-refractivity contribution < 1.29 is 4.74 Å². The molecule has 0 atom stereocenters. The minimum absolute atomic E-state index is 0.206. The number of rotatable bonds is 7. The van der Waals surface area contributed by atoms with E-state index < -0.39 is 0 Å². The molecule has 0 aliphatic carbocycles. The van der Waals surface area contributed by atoms with Crippen molar-refractivity contribution in [2.24, 2.45) is 14.1 Å². The molecule has 0 radical (unpaired) electrons. The molecule has 0 amide bonds. The van der Waals surface area contributed by atoms with Gasteiger partial charge in [0.05, 0.1) is 6.20 Å². The van der Waals surface area contributed by atoms with Gasteiger partial charge in [0, 0.05) is 61.5 Å². The van der Waals surface area contributed by atoms with Crippen LogP contribution in [-0.4, -0.2) is 24.3 Å². The number of aromatic nitrogens is 5. The Balaban J connectivity index is 1.39. The summed E-state index contributed by atoms with van der Waals surface area (Å²) in [5.41, 5.74) is 2.51. The number of halogens is 1. The maximum Gasteiger partial charge on any atom is 0.277 e. The van der Waals surface area contributed by atoms with Gasteiger partial charge in [0.15, 0.2) is 5.16 Å². The highest BCUT2D eigenvalue weighted by Crippen LogP contribution is 2.25. The van der Waals surface area contributed by atoms with Gasteiger partial charge < -0.3 is 9.30 Å². The Morgan fingerprint density at radius 1 is 1.10 bits per heavy atom. The van der Waals surface area contributed by atoms with E-state index in [1.165, 1.54) is 11.8 Å². The molecule has 1 aromatic carbocycles. The monoisotopic (exact) mass is 453 g/mol. The Kier molecular flexibility index (Phi) is 6.39. The summed E-state index contributed by atoms with van der Waals surface area (Å²) in [6, 6.07) is 11.1. The molecule has 31 heavy (non-hydrogen) atoms. The highest BCUT2D eigenvalue weighted by Gasteiger charge is 2.09. The van der Waals surface area contributed by atoms with E-state index in [1.54, 1.807) is 29.2 Å². The predicted octanol–water partition coefficient (Wildman–Crippen LogP) is 4.24. The molecule has 0 aliphatic heterocycles. The Labute approximate surface area is 188 Å². The van der Waals surface area contributed by atoms with Crippen LogP contribution in [-0.2, 0) is 26.3 Å². The lowest BCUT2D eigenvalue weighted by atomic mass is 10.1. The molecule has 0 bridgehead atoms. The van der Waals surface area contributed by atoms with Crippen LogP contribution in [0.1, 0.15) is 16.7 Å². The van der Waals surface area contributed by atoms with Gasteiger partial charge in [0.1, 0.15) is 5.75 Å². The highest BCUT2D eigenvalue weighted by atomic mass is 35.5. The molecule has 0 spiro atoms. The molecule has 0 N–H and O–H groups in total. The summed E-state index contributed by atoms with van der Waals surface area (Å²) in [4.78, 5) is 20.9. The lowest BCUT2D eigenvalue weighted by Crippen LogP contribution is -2.18. The van der Waals surface area contributed by atoms with E-state index in [4.69, 9.17) is 16.3 Å². The minimum Gasteiger partial charge on any atom is -0.439 e. The summed E-state index contributed by atoms with van der Waals surface area (Å²) < 4.78 is 9.32. The number of benzene rings is 1. The van der Waals surface area contributed by atoms with Gasteiger partial charge in [-0.25, -0.2) is 4.98 Å². The quantitative estimate of drug-likeness (QED) is 0.308. The normalized spacial score (nSPS) is 10.9.